The number of aliphatic hydroxyl groups is 1. The predicted molar refractivity (Wildman–Crippen MR) is 82.0 cm³/mol. The summed E-state index contributed by atoms with van der Waals surface area (Å²) in [5, 5.41) is 12.4. The molecule has 2 amide bonds. The van der Waals surface area contributed by atoms with Gasteiger partial charge in [0.25, 0.3) is 0 Å². The van der Waals surface area contributed by atoms with Gasteiger partial charge in [-0.05, 0) is 49.3 Å². The number of nitrogens with one attached hydrogen (secondary N) is 1. The second-order valence-corrected chi connectivity index (χ2v) is 6.30. The lowest BCUT2D eigenvalue weighted by Crippen LogP contribution is -2.47. The third kappa shape index (κ3) is 5.55. The highest BCUT2D eigenvalue weighted by atomic mass is 32.2. The van der Waals surface area contributed by atoms with E-state index in [0.29, 0.717) is 19.6 Å². The van der Waals surface area contributed by atoms with Crippen LogP contribution in [0.1, 0.15) is 19.3 Å². The number of likely N-dealkylation sites (tertiary alicyclic amines) is 1. The number of benzene rings is 1. The molecule has 6 heteroatoms. The number of carbonyl (C=O) groups excluding carboxylic acids is 1. The van der Waals surface area contributed by atoms with Crippen molar-refractivity contribution in [1.82, 2.24) is 10.2 Å². The Kier molecular flexibility index (Phi) is 6.32. The third-order valence-electron chi connectivity index (χ3n) is 3.36. The quantitative estimate of drug-likeness (QED) is 0.649. The highest BCUT2D eigenvalue weighted by Crippen LogP contribution is 2.18. The number of piperidine rings is 1. The summed E-state index contributed by atoms with van der Waals surface area (Å²) in [6, 6.07) is 6.32. The standard InChI is InChI=1S/C15H21FN2O2S/c16-12-4-6-14(7-5-12)21-10-2-8-17-15(20)18-9-1-3-13(19)11-18/h4-7,13,19H,1-3,8-11H2,(H,17,20). The molecule has 1 fully saturated rings. The SMILES string of the molecule is O=C(NCCCSc1ccc(F)cc1)N1CCCC(O)C1. The molecule has 0 aromatic heterocycles. The summed E-state index contributed by atoms with van der Waals surface area (Å²) in [6.45, 7) is 1.75. The normalized spacial score (nSPS) is 18.6. The number of amides is 2. The molecule has 21 heavy (non-hydrogen) atoms. The van der Waals surface area contributed by atoms with Crippen LogP contribution in [0, 0.1) is 5.82 Å². The molecule has 2 rings (SSSR count). The Bertz CT molecular complexity index is 455. The number of hydrogen-bond acceptors (Lipinski definition) is 3. The van der Waals surface area contributed by atoms with Crippen LogP contribution in [0.5, 0.6) is 0 Å². The molecule has 1 aliphatic heterocycles. The first-order valence-corrected chi connectivity index (χ1v) is 8.23. The molecule has 2 N–H and O–H groups in total. The minimum absolute atomic E-state index is 0.0967. The van der Waals surface area contributed by atoms with Crippen molar-refractivity contribution in [2.75, 3.05) is 25.4 Å². The number of aliphatic hydroxyl groups excluding tert-OH is 1. The molecule has 116 valence electrons. The average Bonchev–Trinajstić information content (AvgIpc) is 2.48. The van der Waals surface area contributed by atoms with E-state index in [4.69, 9.17) is 0 Å². The summed E-state index contributed by atoms with van der Waals surface area (Å²) in [5.41, 5.74) is 0. The number of hydrogen-bond donors (Lipinski definition) is 2. The molecular formula is C15H21FN2O2S. The summed E-state index contributed by atoms with van der Waals surface area (Å²) in [7, 11) is 0. The second kappa shape index (κ2) is 8.24. The van der Waals surface area contributed by atoms with Crippen LogP contribution >= 0.6 is 11.8 Å². The molecule has 4 nitrogen and oxygen atoms in total. The summed E-state index contributed by atoms with van der Waals surface area (Å²) in [5.74, 6) is 0.643. The zero-order chi connectivity index (χ0) is 15.1. The van der Waals surface area contributed by atoms with Gasteiger partial charge in [-0.3, -0.25) is 0 Å². The zero-order valence-corrected chi connectivity index (χ0v) is 12.7. The maximum Gasteiger partial charge on any atom is 0.317 e. The van der Waals surface area contributed by atoms with Crippen LogP contribution in [-0.4, -0.2) is 47.5 Å². The first kappa shape index (κ1) is 16.1. The van der Waals surface area contributed by atoms with Crippen LogP contribution in [0.2, 0.25) is 0 Å². The van der Waals surface area contributed by atoms with Crippen molar-refractivity contribution in [1.29, 1.82) is 0 Å². The van der Waals surface area contributed by atoms with E-state index in [-0.39, 0.29) is 11.8 Å². The average molecular weight is 312 g/mol. The van der Waals surface area contributed by atoms with Gasteiger partial charge >= 0.3 is 6.03 Å². The van der Waals surface area contributed by atoms with Gasteiger partial charge in [0.15, 0.2) is 0 Å². The second-order valence-electron chi connectivity index (χ2n) is 5.13. The van der Waals surface area contributed by atoms with Crippen LogP contribution in [0.3, 0.4) is 0 Å². The van der Waals surface area contributed by atoms with Gasteiger partial charge in [-0.15, -0.1) is 11.8 Å². The fraction of sp³-hybridized carbons (Fsp3) is 0.533. The van der Waals surface area contributed by atoms with E-state index in [9.17, 15) is 14.3 Å². The Morgan fingerprint density at radius 3 is 2.90 bits per heavy atom. The van der Waals surface area contributed by atoms with E-state index in [0.717, 1.165) is 29.9 Å². The maximum atomic E-state index is 12.7. The Morgan fingerprint density at radius 1 is 1.43 bits per heavy atom. The van der Waals surface area contributed by atoms with Crippen molar-refractivity contribution >= 4 is 17.8 Å². The van der Waals surface area contributed by atoms with Gasteiger partial charge in [0.05, 0.1) is 6.10 Å². The smallest absolute Gasteiger partial charge is 0.317 e. The largest absolute Gasteiger partial charge is 0.391 e. The van der Waals surface area contributed by atoms with Crippen molar-refractivity contribution in [2.45, 2.75) is 30.3 Å². The number of urea groups is 1. The number of rotatable bonds is 5. The molecule has 0 radical (unpaired) electrons. The molecule has 1 aromatic carbocycles. The van der Waals surface area contributed by atoms with Gasteiger partial charge in [0.1, 0.15) is 5.82 Å². The molecule has 1 saturated heterocycles. The van der Waals surface area contributed by atoms with Crippen molar-refractivity contribution in [3.05, 3.63) is 30.1 Å². The van der Waals surface area contributed by atoms with E-state index in [2.05, 4.69) is 5.32 Å². The van der Waals surface area contributed by atoms with Crippen LogP contribution in [0.4, 0.5) is 9.18 Å². The third-order valence-corrected chi connectivity index (χ3v) is 4.46. The number of thioether (sulfide) groups is 1. The van der Waals surface area contributed by atoms with Crippen LogP contribution < -0.4 is 5.32 Å². The summed E-state index contributed by atoms with van der Waals surface area (Å²) in [4.78, 5) is 14.6. The molecule has 1 aliphatic rings. The molecule has 1 heterocycles. The summed E-state index contributed by atoms with van der Waals surface area (Å²) < 4.78 is 12.7. The van der Waals surface area contributed by atoms with E-state index in [1.807, 2.05) is 0 Å². The first-order valence-electron chi connectivity index (χ1n) is 7.24. The molecule has 1 unspecified atom stereocenters. The molecular weight excluding hydrogens is 291 g/mol. The Morgan fingerprint density at radius 2 is 2.19 bits per heavy atom. The molecule has 1 aromatic rings. The van der Waals surface area contributed by atoms with Crippen molar-refractivity contribution in [2.24, 2.45) is 0 Å². The Hall–Kier alpha value is -1.27. The van der Waals surface area contributed by atoms with Gasteiger partial charge in [-0.25, -0.2) is 9.18 Å². The van der Waals surface area contributed by atoms with E-state index in [1.165, 1.54) is 12.1 Å². The topological polar surface area (TPSA) is 52.6 Å². The fourth-order valence-electron chi connectivity index (χ4n) is 2.24. The summed E-state index contributed by atoms with van der Waals surface area (Å²) >= 11 is 1.65. The predicted octanol–water partition coefficient (Wildman–Crippen LogP) is 2.47. The van der Waals surface area contributed by atoms with Gasteiger partial charge < -0.3 is 15.3 Å². The number of β-amino-alcohol motifs (C(OH)–C–C–N with tert-alkyl or cyclic N) is 1. The minimum atomic E-state index is -0.390. The summed E-state index contributed by atoms with van der Waals surface area (Å²) in [6.07, 6.45) is 2.09. The molecule has 1 atom stereocenters. The number of carbonyl (C=O) groups is 1. The zero-order valence-electron chi connectivity index (χ0n) is 11.9. The number of halogens is 1. The van der Waals surface area contributed by atoms with E-state index < -0.39 is 6.10 Å². The molecule has 0 bridgehead atoms. The molecule has 0 aliphatic carbocycles. The monoisotopic (exact) mass is 312 g/mol. The van der Waals surface area contributed by atoms with Gasteiger partial charge in [0.2, 0.25) is 0 Å². The lowest BCUT2D eigenvalue weighted by Gasteiger charge is -2.30. The highest BCUT2D eigenvalue weighted by Gasteiger charge is 2.21. The Balaban J connectivity index is 1.59. The van der Waals surface area contributed by atoms with Crippen molar-refractivity contribution in [3.63, 3.8) is 0 Å². The van der Waals surface area contributed by atoms with Gasteiger partial charge in [-0.2, -0.15) is 0 Å². The van der Waals surface area contributed by atoms with Crippen LogP contribution in [0.25, 0.3) is 0 Å². The molecule has 0 spiro atoms. The highest BCUT2D eigenvalue weighted by molar-refractivity contribution is 7.99. The lowest BCUT2D eigenvalue weighted by atomic mass is 10.1. The van der Waals surface area contributed by atoms with Crippen LogP contribution in [-0.2, 0) is 0 Å². The van der Waals surface area contributed by atoms with Crippen molar-refractivity contribution in [3.8, 4) is 0 Å². The minimum Gasteiger partial charge on any atom is -0.391 e. The van der Waals surface area contributed by atoms with Gasteiger partial charge in [0, 0.05) is 24.5 Å². The maximum absolute atomic E-state index is 12.7. The Labute approximate surface area is 128 Å². The first-order chi connectivity index (χ1) is 10.1. The van der Waals surface area contributed by atoms with Crippen molar-refractivity contribution < 1.29 is 14.3 Å². The van der Waals surface area contributed by atoms with Crippen LogP contribution in [0.15, 0.2) is 29.2 Å². The fourth-order valence-corrected chi connectivity index (χ4v) is 3.09. The van der Waals surface area contributed by atoms with E-state index in [1.54, 1.807) is 28.8 Å². The number of nitrogens with zero attached hydrogens (tertiary/aromatic N) is 1. The lowest BCUT2D eigenvalue weighted by molar-refractivity contribution is 0.0843. The van der Waals surface area contributed by atoms with E-state index >= 15 is 0 Å². The molecule has 0 saturated carbocycles. The van der Waals surface area contributed by atoms with Gasteiger partial charge in [-0.1, -0.05) is 0 Å².